The van der Waals surface area contributed by atoms with Crippen LogP contribution in [0.4, 0.5) is 5.69 Å². The summed E-state index contributed by atoms with van der Waals surface area (Å²) in [6, 6.07) is 14.2. The zero-order valence-corrected chi connectivity index (χ0v) is 16.7. The Kier molecular flexibility index (Phi) is 4.37. The number of rotatable bonds is 2. The minimum Gasteiger partial charge on any atom is -0.367 e. The maximum Gasteiger partial charge on any atom is 0.261 e. The number of fused-ring (bicyclic) bond motifs is 5. The maximum absolute atomic E-state index is 12.9. The van der Waals surface area contributed by atoms with Crippen molar-refractivity contribution in [2.75, 3.05) is 31.1 Å². The van der Waals surface area contributed by atoms with Crippen molar-refractivity contribution >= 4 is 28.2 Å². The first-order valence-electron chi connectivity index (χ1n) is 9.86. The number of hydrogen-bond acceptors (Lipinski definition) is 4. The average molecular weight is 395 g/mol. The van der Waals surface area contributed by atoms with E-state index in [0.29, 0.717) is 22.3 Å². The van der Waals surface area contributed by atoms with E-state index in [9.17, 15) is 4.79 Å². The zero-order chi connectivity index (χ0) is 19.3. The van der Waals surface area contributed by atoms with Gasteiger partial charge in [-0.05, 0) is 43.2 Å². The van der Waals surface area contributed by atoms with Gasteiger partial charge in [-0.15, -0.1) is 0 Å². The smallest absolute Gasteiger partial charge is 0.261 e. The summed E-state index contributed by atoms with van der Waals surface area (Å²) >= 11 is 6.16. The Hall–Kier alpha value is -2.37. The Morgan fingerprint density at radius 3 is 2.64 bits per heavy atom. The van der Waals surface area contributed by atoms with Gasteiger partial charge in [0.25, 0.3) is 5.56 Å². The molecule has 0 atom stereocenters. The highest BCUT2D eigenvalue weighted by Crippen LogP contribution is 2.29. The largest absolute Gasteiger partial charge is 0.367 e. The highest BCUT2D eigenvalue weighted by Gasteiger charge is 2.29. The van der Waals surface area contributed by atoms with Crippen molar-refractivity contribution in [3.05, 3.63) is 57.8 Å². The quantitative estimate of drug-likeness (QED) is 0.666. The first-order chi connectivity index (χ1) is 13.6. The summed E-state index contributed by atoms with van der Waals surface area (Å²) in [5.74, 6) is 0.639. The minimum atomic E-state index is -0.0329. The second kappa shape index (κ2) is 6.90. The molecule has 0 amide bonds. The Morgan fingerprint density at radius 2 is 1.86 bits per heavy atom. The van der Waals surface area contributed by atoms with Crippen LogP contribution in [0.25, 0.3) is 22.3 Å². The lowest BCUT2D eigenvalue weighted by atomic mass is 10.0. The van der Waals surface area contributed by atoms with Gasteiger partial charge in [0.05, 0.1) is 10.9 Å². The van der Waals surface area contributed by atoms with E-state index >= 15 is 0 Å². The third-order valence-corrected chi connectivity index (χ3v) is 6.36. The minimum absolute atomic E-state index is 0.0329. The van der Waals surface area contributed by atoms with Crippen LogP contribution >= 0.6 is 11.6 Å². The van der Waals surface area contributed by atoms with Crippen LogP contribution in [0.3, 0.4) is 0 Å². The zero-order valence-electron chi connectivity index (χ0n) is 15.9. The lowest BCUT2D eigenvalue weighted by molar-refractivity contribution is 0.250. The summed E-state index contributed by atoms with van der Waals surface area (Å²) in [6.45, 7) is 4.51. The summed E-state index contributed by atoms with van der Waals surface area (Å²) < 4.78 is 1.61. The molecule has 0 unspecified atom stereocenters. The maximum atomic E-state index is 12.9. The normalized spacial score (nSPS) is 21.9. The fourth-order valence-corrected chi connectivity index (χ4v) is 4.74. The van der Waals surface area contributed by atoms with Crippen molar-refractivity contribution < 1.29 is 0 Å². The van der Waals surface area contributed by atoms with Gasteiger partial charge in [-0.2, -0.15) is 0 Å². The second-order valence-corrected chi connectivity index (χ2v) is 8.21. The number of piperidine rings is 1. The molecule has 0 radical (unpaired) electrons. The molecule has 5 nitrogen and oxygen atoms in total. The first kappa shape index (κ1) is 17.7. The van der Waals surface area contributed by atoms with E-state index in [2.05, 4.69) is 21.9 Å². The van der Waals surface area contributed by atoms with Crippen molar-refractivity contribution in [3.8, 4) is 11.4 Å². The molecule has 3 fully saturated rings. The molecule has 6 rings (SSSR count). The summed E-state index contributed by atoms with van der Waals surface area (Å²) in [5.41, 5.74) is 2.73. The van der Waals surface area contributed by atoms with Gasteiger partial charge in [0.15, 0.2) is 0 Å². The molecule has 0 spiro atoms. The van der Waals surface area contributed by atoms with Crippen LogP contribution in [0, 0.1) is 0 Å². The van der Waals surface area contributed by atoms with Gasteiger partial charge in [0, 0.05) is 55.5 Å². The fourth-order valence-electron chi connectivity index (χ4n) is 4.55. The molecular weight excluding hydrogens is 372 g/mol. The Bertz CT molecular complexity index is 1100. The summed E-state index contributed by atoms with van der Waals surface area (Å²) in [6.07, 6.45) is 2.41. The monoisotopic (exact) mass is 394 g/mol. The van der Waals surface area contributed by atoms with Gasteiger partial charge in [0.2, 0.25) is 0 Å². The van der Waals surface area contributed by atoms with E-state index in [1.165, 1.54) is 31.6 Å². The SMILES string of the molecule is Cn1c(-c2cccc(Cl)c2)nc2cc(N3CCN4CCC3CC4)ccc2c1=O. The van der Waals surface area contributed by atoms with Crippen LogP contribution in [0.15, 0.2) is 47.3 Å². The summed E-state index contributed by atoms with van der Waals surface area (Å²) in [4.78, 5) is 22.9. The molecule has 0 N–H and O–H groups in total. The molecule has 3 aromatic rings. The van der Waals surface area contributed by atoms with Crippen molar-refractivity contribution in [3.63, 3.8) is 0 Å². The van der Waals surface area contributed by atoms with Crippen molar-refractivity contribution in [2.45, 2.75) is 18.9 Å². The molecule has 0 saturated carbocycles. The van der Waals surface area contributed by atoms with Crippen LogP contribution in [0.5, 0.6) is 0 Å². The number of nitrogens with zero attached hydrogens (tertiary/aromatic N) is 4. The van der Waals surface area contributed by atoms with Gasteiger partial charge in [0.1, 0.15) is 5.82 Å². The van der Waals surface area contributed by atoms with Crippen LogP contribution in [-0.4, -0.2) is 46.7 Å². The first-order valence-corrected chi connectivity index (χ1v) is 10.2. The molecule has 3 saturated heterocycles. The van der Waals surface area contributed by atoms with E-state index in [4.69, 9.17) is 16.6 Å². The fraction of sp³-hybridized carbons (Fsp3) is 0.364. The molecule has 4 heterocycles. The molecule has 2 bridgehead atoms. The number of aromatic nitrogens is 2. The predicted octanol–water partition coefficient (Wildman–Crippen LogP) is 3.54. The molecular formula is C22H23ClN4O. The lowest BCUT2D eigenvalue weighted by Crippen LogP contribution is -2.37. The average Bonchev–Trinajstić information content (AvgIpc) is 3.04. The molecule has 2 aromatic carbocycles. The highest BCUT2D eigenvalue weighted by atomic mass is 35.5. The Morgan fingerprint density at radius 1 is 1.04 bits per heavy atom. The lowest BCUT2D eigenvalue weighted by Gasteiger charge is -2.33. The van der Waals surface area contributed by atoms with Gasteiger partial charge < -0.3 is 9.80 Å². The van der Waals surface area contributed by atoms with Crippen molar-refractivity contribution in [2.24, 2.45) is 7.05 Å². The van der Waals surface area contributed by atoms with E-state index in [0.717, 1.165) is 24.2 Å². The van der Waals surface area contributed by atoms with Crippen LogP contribution < -0.4 is 10.5 Å². The molecule has 0 aliphatic carbocycles. The molecule has 3 aliphatic rings. The van der Waals surface area contributed by atoms with Crippen LogP contribution in [0.1, 0.15) is 12.8 Å². The van der Waals surface area contributed by atoms with Gasteiger partial charge in [-0.25, -0.2) is 4.98 Å². The number of hydrogen-bond donors (Lipinski definition) is 0. The highest BCUT2D eigenvalue weighted by molar-refractivity contribution is 6.30. The van der Waals surface area contributed by atoms with Crippen molar-refractivity contribution in [1.29, 1.82) is 0 Å². The van der Waals surface area contributed by atoms with Gasteiger partial charge >= 0.3 is 0 Å². The number of halogens is 1. The summed E-state index contributed by atoms with van der Waals surface area (Å²) in [5, 5.41) is 1.29. The van der Waals surface area contributed by atoms with E-state index in [1.54, 1.807) is 11.6 Å². The molecule has 1 aromatic heterocycles. The topological polar surface area (TPSA) is 41.4 Å². The van der Waals surface area contributed by atoms with Crippen LogP contribution in [0.2, 0.25) is 5.02 Å². The standard InChI is InChI=1S/C22H23ClN4O/c1-25-21(15-3-2-4-16(23)13-15)24-20-14-18(5-6-19(20)22(25)28)27-12-11-26-9-7-17(27)8-10-26/h2-6,13-14,17H,7-12H2,1H3. The van der Waals surface area contributed by atoms with Crippen LogP contribution in [-0.2, 0) is 7.05 Å². The predicted molar refractivity (Wildman–Crippen MR) is 114 cm³/mol. The molecule has 3 aliphatic heterocycles. The Labute approximate surface area is 169 Å². The third kappa shape index (κ3) is 2.99. The molecule has 6 heteroatoms. The summed E-state index contributed by atoms with van der Waals surface area (Å²) in [7, 11) is 1.76. The van der Waals surface area contributed by atoms with Gasteiger partial charge in [-0.1, -0.05) is 23.7 Å². The van der Waals surface area contributed by atoms with E-state index < -0.39 is 0 Å². The Balaban J connectivity index is 1.63. The molecule has 144 valence electrons. The number of anilines is 1. The van der Waals surface area contributed by atoms with Gasteiger partial charge in [-0.3, -0.25) is 9.36 Å². The van der Waals surface area contributed by atoms with E-state index in [1.807, 2.05) is 30.3 Å². The second-order valence-electron chi connectivity index (χ2n) is 7.78. The van der Waals surface area contributed by atoms with Crippen molar-refractivity contribution in [1.82, 2.24) is 14.5 Å². The molecule has 28 heavy (non-hydrogen) atoms. The third-order valence-electron chi connectivity index (χ3n) is 6.13. The van der Waals surface area contributed by atoms with E-state index in [-0.39, 0.29) is 5.56 Å². The number of benzene rings is 2.